The Bertz CT molecular complexity index is 139. The van der Waals surface area contributed by atoms with E-state index in [-0.39, 0.29) is 5.54 Å². The Morgan fingerprint density at radius 2 is 2.00 bits per heavy atom. The molecule has 0 radical (unpaired) electrons. The van der Waals surface area contributed by atoms with Crippen molar-refractivity contribution in [3.8, 4) is 0 Å². The van der Waals surface area contributed by atoms with E-state index >= 15 is 0 Å². The topological polar surface area (TPSA) is 35.2 Å². The van der Waals surface area contributed by atoms with E-state index < -0.39 is 0 Å². The molecule has 1 fully saturated rings. The molecule has 0 aromatic heterocycles. The van der Waals surface area contributed by atoms with Crippen LogP contribution >= 0.6 is 0 Å². The summed E-state index contributed by atoms with van der Waals surface area (Å²) in [5.74, 6) is 1.20. The van der Waals surface area contributed by atoms with Crippen LogP contribution in [-0.4, -0.2) is 18.8 Å². The predicted molar refractivity (Wildman–Crippen MR) is 51.0 cm³/mol. The SMILES string of the molecule is CC(C)C(C)C1(N)CCCOC1. The van der Waals surface area contributed by atoms with Gasteiger partial charge in [0.05, 0.1) is 6.61 Å². The minimum Gasteiger partial charge on any atom is -0.380 e. The molecule has 1 heterocycles. The van der Waals surface area contributed by atoms with Gasteiger partial charge in [-0.25, -0.2) is 0 Å². The van der Waals surface area contributed by atoms with Crippen LogP contribution in [0.1, 0.15) is 33.6 Å². The van der Waals surface area contributed by atoms with Crippen LogP contribution in [0.5, 0.6) is 0 Å². The Balaban J connectivity index is 2.56. The summed E-state index contributed by atoms with van der Waals surface area (Å²) in [4.78, 5) is 0. The maximum atomic E-state index is 6.28. The maximum Gasteiger partial charge on any atom is 0.0648 e. The zero-order valence-electron chi connectivity index (χ0n) is 8.47. The van der Waals surface area contributed by atoms with E-state index in [2.05, 4.69) is 20.8 Å². The van der Waals surface area contributed by atoms with Crippen molar-refractivity contribution in [3.63, 3.8) is 0 Å². The molecule has 1 saturated heterocycles. The van der Waals surface area contributed by atoms with Crippen molar-refractivity contribution in [2.45, 2.75) is 39.2 Å². The third-order valence-electron chi connectivity index (χ3n) is 3.21. The fraction of sp³-hybridized carbons (Fsp3) is 1.00. The lowest BCUT2D eigenvalue weighted by molar-refractivity contribution is 0.00477. The van der Waals surface area contributed by atoms with Crippen LogP contribution < -0.4 is 5.73 Å². The summed E-state index contributed by atoms with van der Waals surface area (Å²) in [6.45, 7) is 8.33. The van der Waals surface area contributed by atoms with Gasteiger partial charge in [0.2, 0.25) is 0 Å². The highest BCUT2D eigenvalue weighted by Gasteiger charge is 2.35. The maximum absolute atomic E-state index is 6.28. The predicted octanol–water partition coefficient (Wildman–Crippen LogP) is 1.79. The van der Waals surface area contributed by atoms with E-state index in [1.165, 1.54) is 0 Å². The van der Waals surface area contributed by atoms with Gasteiger partial charge in [-0.15, -0.1) is 0 Å². The number of ether oxygens (including phenoxy) is 1. The van der Waals surface area contributed by atoms with Crippen LogP contribution in [0.3, 0.4) is 0 Å². The van der Waals surface area contributed by atoms with Crippen molar-refractivity contribution < 1.29 is 4.74 Å². The molecule has 2 nitrogen and oxygen atoms in total. The highest BCUT2D eigenvalue weighted by Crippen LogP contribution is 2.29. The molecule has 2 atom stereocenters. The lowest BCUT2D eigenvalue weighted by Crippen LogP contribution is -2.54. The molecule has 0 amide bonds. The number of hydrogen-bond acceptors (Lipinski definition) is 2. The van der Waals surface area contributed by atoms with Gasteiger partial charge in [0, 0.05) is 12.1 Å². The van der Waals surface area contributed by atoms with Crippen molar-refractivity contribution in [1.82, 2.24) is 0 Å². The van der Waals surface area contributed by atoms with Gasteiger partial charge in [-0.1, -0.05) is 20.8 Å². The monoisotopic (exact) mass is 171 g/mol. The summed E-state index contributed by atoms with van der Waals surface area (Å²) in [5, 5.41) is 0. The molecule has 0 saturated carbocycles. The van der Waals surface area contributed by atoms with Gasteiger partial charge >= 0.3 is 0 Å². The molecule has 0 bridgehead atoms. The molecule has 72 valence electrons. The quantitative estimate of drug-likeness (QED) is 0.687. The summed E-state index contributed by atoms with van der Waals surface area (Å²) in [7, 11) is 0. The van der Waals surface area contributed by atoms with Gasteiger partial charge in [-0.3, -0.25) is 0 Å². The molecule has 1 aliphatic heterocycles. The van der Waals surface area contributed by atoms with Gasteiger partial charge in [-0.05, 0) is 24.7 Å². The highest BCUT2D eigenvalue weighted by atomic mass is 16.5. The van der Waals surface area contributed by atoms with Crippen LogP contribution in [0, 0.1) is 11.8 Å². The molecule has 2 unspecified atom stereocenters. The Kier molecular flexibility index (Phi) is 3.13. The van der Waals surface area contributed by atoms with Crippen LogP contribution in [0.25, 0.3) is 0 Å². The first kappa shape index (κ1) is 10.0. The van der Waals surface area contributed by atoms with Gasteiger partial charge in [0.25, 0.3) is 0 Å². The van der Waals surface area contributed by atoms with Crippen LogP contribution in [0.15, 0.2) is 0 Å². The van der Waals surface area contributed by atoms with Crippen LogP contribution in [0.2, 0.25) is 0 Å². The molecular weight excluding hydrogens is 150 g/mol. The second-order valence-electron chi connectivity index (χ2n) is 4.42. The largest absolute Gasteiger partial charge is 0.380 e. The van der Waals surface area contributed by atoms with E-state index in [1.807, 2.05) is 0 Å². The smallest absolute Gasteiger partial charge is 0.0648 e. The van der Waals surface area contributed by atoms with E-state index in [1.54, 1.807) is 0 Å². The third-order valence-corrected chi connectivity index (χ3v) is 3.21. The summed E-state index contributed by atoms with van der Waals surface area (Å²) < 4.78 is 5.43. The van der Waals surface area contributed by atoms with Crippen molar-refractivity contribution in [2.75, 3.05) is 13.2 Å². The molecule has 0 aromatic carbocycles. The summed E-state index contributed by atoms with van der Waals surface area (Å²) in [6.07, 6.45) is 2.24. The van der Waals surface area contributed by atoms with Gasteiger partial charge in [0.1, 0.15) is 0 Å². The van der Waals surface area contributed by atoms with E-state index in [9.17, 15) is 0 Å². The summed E-state index contributed by atoms with van der Waals surface area (Å²) in [5.41, 5.74) is 6.22. The molecule has 0 aliphatic carbocycles. The normalized spacial score (nSPS) is 33.8. The van der Waals surface area contributed by atoms with Crippen molar-refractivity contribution in [2.24, 2.45) is 17.6 Å². The average Bonchev–Trinajstić information content (AvgIpc) is 2.04. The first-order chi connectivity index (χ1) is 5.56. The minimum atomic E-state index is -0.0631. The molecule has 2 N–H and O–H groups in total. The number of rotatable bonds is 2. The Morgan fingerprint density at radius 1 is 1.33 bits per heavy atom. The van der Waals surface area contributed by atoms with Crippen LogP contribution in [0.4, 0.5) is 0 Å². The third kappa shape index (κ3) is 1.99. The van der Waals surface area contributed by atoms with Crippen molar-refractivity contribution >= 4 is 0 Å². The Morgan fingerprint density at radius 3 is 2.42 bits per heavy atom. The average molecular weight is 171 g/mol. The fourth-order valence-electron chi connectivity index (χ4n) is 1.86. The second kappa shape index (κ2) is 3.75. The molecule has 2 heteroatoms. The zero-order valence-corrected chi connectivity index (χ0v) is 8.47. The number of hydrogen-bond donors (Lipinski definition) is 1. The number of nitrogens with two attached hydrogens (primary N) is 1. The fourth-order valence-corrected chi connectivity index (χ4v) is 1.86. The van der Waals surface area contributed by atoms with E-state index in [0.717, 1.165) is 26.1 Å². The van der Waals surface area contributed by atoms with Crippen LogP contribution in [-0.2, 0) is 4.74 Å². The van der Waals surface area contributed by atoms with Gasteiger partial charge in [-0.2, -0.15) is 0 Å². The second-order valence-corrected chi connectivity index (χ2v) is 4.42. The van der Waals surface area contributed by atoms with Crippen molar-refractivity contribution in [3.05, 3.63) is 0 Å². The van der Waals surface area contributed by atoms with Gasteiger partial charge in [0.15, 0.2) is 0 Å². The molecule has 1 aliphatic rings. The summed E-state index contributed by atoms with van der Waals surface area (Å²) >= 11 is 0. The first-order valence-corrected chi connectivity index (χ1v) is 4.93. The Labute approximate surface area is 75.5 Å². The first-order valence-electron chi connectivity index (χ1n) is 4.93. The van der Waals surface area contributed by atoms with Crippen molar-refractivity contribution in [1.29, 1.82) is 0 Å². The molecule has 12 heavy (non-hydrogen) atoms. The molecule has 0 spiro atoms. The molecule has 0 aromatic rings. The lowest BCUT2D eigenvalue weighted by Gasteiger charge is -2.40. The van der Waals surface area contributed by atoms with E-state index in [0.29, 0.717) is 11.8 Å². The highest BCUT2D eigenvalue weighted by molar-refractivity contribution is 4.92. The van der Waals surface area contributed by atoms with Gasteiger partial charge < -0.3 is 10.5 Å². The summed E-state index contributed by atoms with van der Waals surface area (Å²) in [6, 6.07) is 0. The molecular formula is C10H21NO. The lowest BCUT2D eigenvalue weighted by atomic mass is 9.76. The molecule has 1 rings (SSSR count). The van der Waals surface area contributed by atoms with E-state index in [4.69, 9.17) is 10.5 Å². The zero-order chi connectivity index (χ0) is 9.19. The Hall–Kier alpha value is -0.0800. The minimum absolute atomic E-state index is 0.0631. The standard InChI is InChI=1S/C10H21NO/c1-8(2)9(3)10(11)5-4-6-12-7-10/h8-9H,4-7,11H2,1-3H3.